The Morgan fingerprint density at radius 1 is 0.833 bits per heavy atom. The van der Waals surface area contributed by atoms with Crippen LogP contribution in [0.2, 0.25) is 0 Å². The first kappa shape index (κ1) is 23.4. The number of carbonyl (C=O) groups is 2. The summed E-state index contributed by atoms with van der Waals surface area (Å²) in [5.41, 5.74) is 1.32. The van der Waals surface area contributed by atoms with Gasteiger partial charge in [0.25, 0.3) is 5.91 Å². The molecule has 4 aromatic rings. The summed E-state index contributed by atoms with van der Waals surface area (Å²) < 4.78 is 11.3. The number of methoxy groups -OCH3 is 1. The van der Waals surface area contributed by atoms with Crippen LogP contribution in [-0.2, 0) is 4.79 Å². The fraction of sp³-hybridized carbons (Fsp3) is 0.200. The van der Waals surface area contributed by atoms with E-state index in [0.29, 0.717) is 54.4 Å². The number of hydrogen-bond donors (Lipinski definition) is 1. The molecule has 182 valence electrons. The van der Waals surface area contributed by atoms with Crippen molar-refractivity contribution < 1.29 is 19.1 Å². The third kappa shape index (κ3) is 5.03. The summed E-state index contributed by atoms with van der Waals surface area (Å²) in [4.78, 5) is 28.2. The van der Waals surface area contributed by atoms with E-state index < -0.39 is 0 Å². The standard InChI is InChI=1S/C30H28N2O4/c1-35-23-10-7-11-24(20-23)36-28-15-5-4-14-27(28)31-29(33)22-16-18-32(19-17-22)30(34)26-13-6-9-21-8-2-3-12-25(21)26/h2-15,20,22H,16-19H2,1H3,(H,31,33). The van der Waals surface area contributed by atoms with Crippen molar-refractivity contribution in [3.63, 3.8) is 0 Å². The maximum atomic E-state index is 13.2. The lowest BCUT2D eigenvalue weighted by Gasteiger charge is -2.31. The van der Waals surface area contributed by atoms with Gasteiger partial charge in [0, 0.05) is 30.6 Å². The van der Waals surface area contributed by atoms with E-state index in [0.717, 1.165) is 10.8 Å². The third-order valence-corrected chi connectivity index (χ3v) is 6.59. The van der Waals surface area contributed by atoms with Crippen molar-refractivity contribution in [1.82, 2.24) is 4.90 Å². The van der Waals surface area contributed by atoms with E-state index in [1.165, 1.54) is 0 Å². The number of nitrogens with one attached hydrogen (secondary N) is 1. The molecule has 4 aromatic carbocycles. The molecule has 0 bridgehead atoms. The monoisotopic (exact) mass is 480 g/mol. The minimum absolute atomic E-state index is 0.0164. The molecule has 0 aliphatic carbocycles. The summed E-state index contributed by atoms with van der Waals surface area (Å²) >= 11 is 0. The highest BCUT2D eigenvalue weighted by Crippen LogP contribution is 2.32. The summed E-state index contributed by atoms with van der Waals surface area (Å²) in [5.74, 6) is 1.65. The molecule has 0 spiro atoms. The molecule has 2 amide bonds. The predicted octanol–water partition coefficient (Wildman–Crippen LogP) is 6.13. The van der Waals surface area contributed by atoms with Crippen LogP contribution >= 0.6 is 0 Å². The molecule has 6 nitrogen and oxygen atoms in total. The Labute approximate surface area is 210 Å². The Morgan fingerprint density at radius 3 is 2.36 bits per heavy atom. The average Bonchev–Trinajstić information content (AvgIpc) is 2.93. The van der Waals surface area contributed by atoms with Gasteiger partial charge in [-0.1, -0.05) is 54.6 Å². The molecule has 0 unspecified atom stereocenters. The van der Waals surface area contributed by atoms with Gasteiger partial charge in [-0.3, -0.25) is 9.59 Å². The van der Waals surface area contributed by atoms with Gasteiger partial charge < -0.3 is 19.7 Å². The van der Waals surface area contributed by atoms with E-state index in [2.05, 4.69) is 5.32 Å². The lowest BCUT2D eigenvalue weighted by atomic mass is 9.94. The van der Waals surface area contributed by atoms with Crippen molar-refractivity contribution in [2.75, 3.05) is 25.5 Å². The second-order valence-corrected chi connectivity index (χ2v) is 8.86. The van der Waals surface area contributed by atoms with Gasteiger partial charge in [0.2, 0.25) is 5.91 Å². The van der Waals surface area contributed by atoms with E-state index in [-0.39, 0.29) is 17.7 Å². The highest BCUT2D eigenvalue weighted by molar-refractivity contribution is 6.07. The highest BCUT2D eigenvalue weighted by Gasteiger charge is 2.29. The second-order valence-electron chi connectivity index (χ2n) is 8.86. The van der Waals surface area contributed by atoms with Crippen LogP contribution in [0.4, 0.5) is 5.69 Å². The number of benzene rings is 4. The average molecular weight is 481 g/mol. The third-order valence-electron chi connectivity index (χ3n) is 6.59. The minimum Gasteiger partial charge on any atom is -0.497 e. The fourth-order valence-corrected chi connectivity index (χ4v) is 4.61. The largest absolute Gasteiger partial charge is 0.497 e. The Hall–Kier alpha value is -4.32. The highest BCUT2D eigenvalue weighted by atomic mass is 16.5. The summed E-state index contributed by atoms with van der Waals surface area (Å²) in [6.07, 6.45) is 1.22. The summed E-state index contributed by atoms with van der Waals surface area (Å²) in [7, 11) is 1.61. The molecule has 1 aliphatic heterocycles. The summed E-state index contributed by atoms with van der Waals surface area (Å²) in [6, 6.07) is 28.4. The summed E-state index contributed by atoms with van der Waals surface area (Å²) in [5, 5.41) is 5.03. The van der Waals surface area contributed by atoms with Crippen molar-refractivity contribution in [2.24, 2.45) is 5.92 Å². The molecule has 0 saturated carbocycles. The smallest absolute Gasteiger partial charge is 0.254 e. The zero-order valence-electron chi connectivity index (χ0n) is 20.1. The van der Waals surface area contributed by atoms with Crippen LogP contribution in [-0.4, -0.2) is 36.9 Å². The van der Waals surface area contributed by atoms with Crippen LogP contribution < -0.4 is 14.8 Å². The maximum Gasteiger partial charge on any atom is 0.254 e. The van der Waals surface area contributed by atoms with Gasteiger partial charge in [0.15, 0.2) is 5.75 Å². The Kier molecular flexibility index (Phi) is 6.85. The van der Waals surface area contributed by atoms with Crippen molar-refractivity contribution >= 4 is 28.3 Å². The number of nitrogens with zero attached hydrogens (tertiary/aromatic N) is 1. The number of fused-ring (bicyclic) bond motifs is 1. The first-order valence-corrected chi connectivity index (χ1v) is 12.1. The lowest BCUT2D eigenvalue weighted by molar-refractivity contribution is -0.121. The molecule has 5 rings (SSSR count). The normalized spacial score (nSPS) is 13.9. The number of rotatable bonds is 6. The van der Waals surface area contributed by atoms with E-state index in [9.17, 15) is 9.59 Å². The van der Waals surface area contributed by atoms with Gasteiger partial charge in [-0.15, -0.1) is 0 Å². The van der Waals surface area contributed by atoms with E-state index in [1.54, 1.807) is 13.2 Å². The predicted molar refractivity (Wildman–Crippen MR) is 141 cm³/mol. The molecule has 6 heteroatoms. The maximum absolute atomic E-state index is 13.2. The molecule has 0 aromatic heterocycles. The zero-order chi connectivity index (χ0) is 24.9. The van der Waals surface area contributed by atoms with E-state index >= 15 is 0 Å². The number of piperidine rings is 1. The van der Waals surface area contributed by atoms with E-state index in [4.69, 9.17) is 9.47 Å². The van der Waals surface area contributed by atoms with Crippen molar-refractivity contribution in [3.05, 3.63) is 96.6 Å². The van der Waals surface area contributed by atoms with Gasteiger partial charge in [-0.25, -0.2) is 0 Å². The number of carbonyl (C=O) groups excluding carboxylic acids is 2. The summed E-state index contributed by atoms with van der Waals surface area (Å²) in [6.45, 7) is 1.09. The van der Waals surface area contributed by atoms with Crippen LogP contribution in [0.1, 0.15) is 23.2 Å². The Bertz CT molecular complexity index is 1390. The van der Waals surface area contributed by atoms with Crippen molar-refractivity contribution in [1.29, 1.82) is 0 Å². The molecule has 1 N–H and O–H groups in total. The SMILES string of the molecule is COc1cccc(Oc2ccccc2NC(=O)C2CCN(C(=O)c3cccc4ccccc34)CC2)c1. The molecule has 1 heterocycles. The fourth-order valence-electron chi connectivity index (χ4n) is 4.61. The lowest BCUT2D eigenvalue weighted by Crippen LogP contribution is -2.41. The van der Waals surface area contributed by atoms with Crippen molar-refractivity contribution in [3.8, 4) is 17.2 Å². The zero-order valence-corrected chi connectivity index (χ0v) is 20.1. The molecule has 1 fully saturated rings. The van der Waals surface area contributed by atoms with Gasteiger partial charge in [-0.2, -0.15) is 0 Å². The number of ether oxygens (including phenoxy) is 2. The van der Waals surface area contributed by atoms with Crippen LogP contribution in [0.15, 0.2) is 91.0 Å². The van der Waals surface area contributed by atoms with Crippen LogP contribution in [0.5, 0.6) is 17.2 Å². The second kappa shape index (κ2) is 10.5. The first-order valence-electron chi connectivity index (χ1n) is 12.1. The van der Waals surface area contributed by atoms with Gasteiger partial charge in [0.1, 0.15) is 11.5 Å². The molecule has 36 heavy (non-hydrogen) atoms. The number of para-hydroxylation sites is 2. The number of likely N-dealkylation sites (tertiary alicyclic amines) is 1. The molecular formula is C30H28N2O4. The van der Waals surface area contributed by atoms with Gasteiger partial charge in [-0.05, 0) is 53.9 Å². The Balaban J connectivity index is 1.22. The molecular weight excluding hydrogens is 452 g/mol. The first-order chi connectivity index (χ1) is 17.6. The molecule has 0 radical (unpaired) electrons. The quantitative estimate of drug-likeness (QED) is 0.360. The van der Waals surface area contributed by atoms with Crippen LogP contribution in [0.3, 0.4) is 0 Å². The topological polar surface area (TPSA) is 67.9 Å². The van der Waals surface area contributed by atoms with Crippen molar-refractivity contribution in [2.45, 2.75) is 12.8 Å². The number of hydrogen-bond acceptors (Lipinski definition) is 4. The molecule has 1 aliphatic rings. The molecule has 1 saturated heterocycles. The van der Waals surface area contributed by atoms with Gasteiger partial charge >= 0.3 is 0 Å². The van der Waals surface area contributed by atoms with E-state index in [1.807, 2.05) is 89.8 Å². The number of amides is 2. The van der Waals surface area contributed by atoms with Crippen LogP contribution in [0.25, 0.3) is 10.8 Å². The van der Waals surface area contributed by atoms with Crippen LogP contribution in [0, 0.1) is 5.92 Å². The Morgan fingerprint density at radius 2 is 1.53 bits per heavy atom. The molecule has 0 atom stereocenters. The number of anilines is 1. The van der Waals surface area contributed by atoms with Gasteiger partial charge in [0.05, 0.1) is 12.8 Å². The minimum atomic E-state index is -0.175.